The number of hydrogen-bond donors (Lipinski definition) is 1. The number of carbonyl (C=O) groups is 1. The highest BCUT2D eigenvalue weighted by molar-refractivity contribution is 7.12. The van der Waals surface area contributed by atoms with Crippen LogP contribution >= 0.6 is 22.9 Å². The Bertz CT molecular complexity index is 1240. The van der Waals surface area contributed by atoms with E-state index >= 15 is 0 Å². The molecule has 0 aliphatic carbocycles. The first-order chi connectivity index (χ1) is 16.0. The molecule has 0 spiro atoms. The maximum Gasteiger partial charge on any atom is 0.264 e. The first-order valence-electron chi connectivity index (χ1n) is 10.5. The minimum Gasteiger partial charge on any atom is -0.389 e. The lowest BCUT2D eigenvalue weighted by molar-refractivity contribution is -0.00382. The van der Waals surface area contributed by atoms with Crippen LogP contribution in [0.2, 0.25) is 5.02 Å². The van der Waals surface area contributed by atoms with Crippen molar-refractivity contribution in [1.29, 1.82) is 0 Å². The van der Waals surface area contributed by atoms with Crippen LogP contribution in [0, 0.1) is 5.82 Å². The summed E-state index contributed by atoms with van der Waals surface area (Å²) in [5.41, 5.74) is 2.25. The number of aliphatic hydroxyl groups excluding tert-OH is 1. The summed E-state index contributed by atoms with van der Waals surface area (Å²) >= 11 is 7.46. The van der Waals surface area contributed by atoms with Gasteiger partial charge in [-0.25, -0.2) is 9.07 Å². The molecule has 6 nitrogen and oxygen atoms in total. The number of β-amino-alcohol motifs (C(OH)–C–C–N with tert-alkyl or cyclic N) is 1. The van der Waals surface area contributed by atoms with Crippen molar-refractivity contribution in [2.24, 2.45) is 0 Å². The normalized spacial score (nSPS) is 20.7. The van der Waals surface area contributed by atoms with Crippen molar-refractivity contribution in [2.45, 2.75) is 24.6 Å². The van der Waals surface area contributed by atoms with Gasteiger partial charge in [-0.3, -0.25) is 4.79 Å². The Labute approximate surface area is 198 Å². The van der Waals surface area contributed by atoms with E-state index in [1.807, 2.05) is 23.6 Å². The summed E-state index contributed by atoms with van der Waals surface area (Å²) < 4.78 is 14.9. The standard InChI is InChI=1S/C24H20ClFN4O2S/c25-17-7-3-16(4-8-17)20-12-21(22(31)14-29(20)24(32)23-2-1-11-33-23)30-13-19(27-28-30)15-5-9-18(26)10-6-15/h1-11,13,20-22,31H,12,14H2/t20-,21-,22+/m1/s1. The number of rotatable bonds is 4. The number of aromatic nitrogens is 3. The average molecular weight is 483 g/mol. The van der Waals surface area contributed by atoms with Crippen molar-refractivity contribution < 1.29 is 14.3 Å². The van der Waals surface area contributed by atoms with Crippen LogP contribution in [0.1, 0.15) is 33.7 Å². The van der Waals surface area contributed by atoms with Gasteiger partial charge in [-0.15, -0.1) is 16.4 Å². The van der Waals surface area contributed by atoms with Crippen LogP contribution in [0.5, 0.6) is 0 Å². The van der Waals surface area contributed by atoms with Gasteiger partial charge in [0.2, 0.25) is 0 Å². The maximum atomic E-state index is 13.3. The Morgan fingerprint density at radius 3 is 2.58 bits per heavy atom. The van der Waals surface area contributed by atoms with E-state index in [-0.39, 0.29) is 30.4 Å². The molecule has 168 valence electrons. The highest BCUT2D eigenvalue weighted by atomic mass is 35.5. The zero-order chi connectivity index (χ0) is 22.9. The number of thiophene rings is 1. The predicted octanol–water partition coefficient (Wildman–Crippen LogP) is 4.99. The van der Waals surface area contributed by atoms with Gasteiger partial charge in [0.25, 0.3) is 5.91 Å². The SMILES string of the molecule is O=C(c1cccs1)N1C[C@H](O)[C@H](n2cc(-c3ccc(F)cc3)nn2)C[C@@H]1c1ccc(Cl)cc1. The molecule has 4 aromatic rings. The quantitative estimate of drug-likeness (QED) is 0.445. The predicted molar refractivity (Wildman–Crippen MR) is 125 cm³/mol. The van der Waals surface area contributed by atoms with Crippen molar-refractivity contribution in [3.8, 4) is 11.3 Å². The Balaban J connectivity index is 1.46. The van der Waals surface area contributed by atoms with E-state index in [1.54, 1.807) is 46.1 Å². The summed E-state index contributed by atoms with van der Waals surface area (Å²) in [6, 6.07) is 16.4. The Kier molecular flexibility index (Phi) is 5.97. The summed E-state index contributed by atoms with van der Waals surface area (Å²) in [5, 5.41) is 21.9. The summed E-state index contributed by atoms with van der Waals surface area (Å²) in [6.07, 6.45) is 1.36. The number of piperidine rings is 1. The van der Waals surface area contributed by atoms with E-state index < -0.39 is 6.10 Å². The van der Waals surface area contributed by atoms with Gasteiger partial charge in [-0.2, -0.15) is 0 Å². The molecule has 1 N–H and O–H groups in total. The van der Waals surface area contributed by atoms with E-state index in [2.05, 4.69) is 10.3 Å². The fourth-order valence-electron chi connectivity index (χ4n) is 4.21. The third-order valence-electron chi connectivity index (χ3n) is 5.91. The molecule has 1 saturated heterocycles. The number of halogens is 2. The number of nitrogens with zero attached hydrogens (tertiary/aromatic N) is 4. The molecule has 1 amide bonds. The first kappa shape index (κ1) is 21.8. The molecule has 9 heteroatoms. The second-order valence-corrected chi connectivity index (χ2v) is 9.35. The molecular formula is C24H20ClFN4O2S. The number of likely N-dealkylation sites (tertiary alicyclic amines) is 1. The zero-order valence-electron chi connectivity index (χ0n) is 17.4. The largest absolute Gasteiger partial charge is 0.389 e. The third kappa shape index (κ3) is 4.42. The summed E-state index contributed by atoms with van der Waals surface area (Å²) in [6.45, 7) is 0.153. The molecule has 33 heavy (non-hydrogen) atoms. The number of hydrogen-bond acceptors (Lipinski definition) is 5. The maximum absolute atomic E-state index is 13.3. The Hall–Kier alpha value is -3.07. The van der Waals surface area contributed by atoms with Crippen LogP contribution in [0.25, 0.3) is 11.3 Å². The molecule has 3 atom stereocenters. The Morgan fingerprint density at radius 2 is 1.88 bits per heavy atom. The minimum atomic E-state index is -0.833. The van der Waals surface area contributed by atoms with Gasteiger partial charge >= 0.3 is 0 Å². The van der Waals surface area contributed by atoms with Crippen molar-refractivity contribution in [2.75, 3.05) is 6.54 Å². The lowest BCUT2D eigenvalue weighted by Crippen LogP contribution is -2.49. The molecule has 1 fully saturated rings. The fourth-order valence-corrected chi connectivity index (χ4v) is 5.01. The molecule has 0 unspecified atom stereocenters. The minimum absolute atomic E-state index is 0.118. The lowest BCUT2D eigenvalue weighted by atomic mass is 9.90. The number of benzene rings is 2. The number of amides is 1. The van der Waals surface area contributed by atoms with E-state index in [1.165, 1.54) is 23.5 Å². The number of aliphatic hydroxyl groups is 1. The van der Waals surface area contributed by atoms with Crippen LogP contribution in [0.3, 0.4) is 0 Å². The molecule has 0 saturated carbocycles. The van der Waals surface area contributed by atoms with Gasteiger partial charge in [0.05, 0.1) is 29.3 Å². The molecule has 0 bridgehead atoms. The van der Waals surface area contributed by atoms with Crippen LogP contribution in [0.4, 0.5) is 4.39 Å². The molecule has 2 aromatic carbocycles. The second kappa shape index (κ2) is 9.05. The summed E-state index contributed by atoms with van der Waals surface area (Å²) in [4.78, 5) is 15.6. The van der Waals surface area contributed by atoms with Gasteiger partial charge in [-0.1, -0.05) is 35.0 Å². The van der Waals surface area contributed by atoms with E-state index in [0.29, 0.717) is 22.0 Å². The van der Waals surface area contributed by atoms with Crippen molar-refractivity contribution in [3.63, 3.8) is 0 Å². The van der Waals surface area contributed by atoms with Crippen LogP contribution < -0.4 is 0 Å². The smallest absolute Gasteiger partial charge is 0.264 e. The second-order valence-electron chi connectivity index (χ2n) is 7.96. The van der Waals surface area contributed by atoms with E-state index in [0.717, 1.165) is 11.1 Å². The molecule has 2 aromatic heterocycles. The van der Waals surface area contributed by atoms with Gasteiger partial charge in [0.1, 0.15) is 11.5 Å². The lowest BCUT2D eigenvalue weighted by Gasteiger charge is -2.42. The van der Waals surface area contributed by atoms with Crippen LogP contribution in [0.15, 0.2) is 72.2 Å². The highest BCUT2D eigenvalue weighted by Gasteiger charge is 2.40. The summed E-state index contributed by atoms with van der Waals surface area (Å²) in [7, 11) is 0. The molecule has 1 aliphatic heterocycles. The molecule has 3 heterocycles. The van der Waals surface area contributed by atoms with Crippen molar-refractivity contribution in [1.82, 2.24) is 19.9 Å². The van der Waals surface area contributed by atoms with Crippen LogP contribution in [-0.2, 0) is 0 Å². The van der Waals surface area contributed by atoms with E-state index in [9.17, 15) is 14.3 Å². The highest BCUT2D eigenvalue weighted by Crippen LogP contribution is 2.38. The third-order valence-corrected chi connectivity index (χ3v) is 7.02. The topological polar surface area (TPSA) is 71.2 Å². The average Bonchev–Trinajstić information content (AvgIpc) is 3.52. The first-order valence-corrected chi connectivity index (χ1v) is 11.7. The van der Waals surface area contributed by atoms with Gasteiger partial charge in [-0.05, 0) is 59.8 Å². The molecule has 1 aliphatic rings. The zero-order valence-corrected chi connectivity index (χ0v) is 19.0. The monoisotopic (exact) mass is 482 g/mol. The molecule has 5 rings (SSSR count). The summed E-state index contributed by atoms with van der Waals surface area (Å²) in [5.74, 6) is -0.441. The van der Waals surface area contributed by atoms with Gasteiger partial charge in [0, 0.05) is 17.1 Å². The molecule has 0 radical (unpaired) electrons. The number of carbonyl (C=O) groups excluding carboxylic acids is 1. The van der Waals surface area contributed by atoms with Crippen molar-refractivity contribution >= 4 is 28.8 Å². The molecular weight excluding hydrogens is 463 g/mol. The van der Waals surface area contributed by atoms with Gasteiger partial charge < -0.3 is 10.0 Å². The van der Waals surface area contributed by atoms with Gasteiger partial charge in [0.15, 0.2) is 0 Å². The fraction of sp³-hybridized carbons (Fsp3) is 0.208. The van der Waals surface area contributed by atoms with Crippen molar-refractivity contribution in [3.05, 3.63) is 93.5 Å². The Morgan fingerprint density at radius 1 is 1.12 bits per heavy atom. The van der Waals surface area contributed by atoms with Crippen LogP contribution in [-0.4, -0.2) is 43.6 Å². The van der Waals surface area contributed by atoms with E-state index in [4.69, 9.17) is 11.6 Å².